The van der Waals surface area contributed by atoms with Crippen molar-refractivity contribution in [2.24, 2.45) is 5.92 Å². The van der Waals surface area contributed by atoms with Crippen LogP contribution in [0.2, 0.25) is 15.1 Å². The molecule has 3 aromatic rings. The summed E-state index contributed by atoms with van der Waals surface area (Å²) in [5, 5.41) is 3.71. The lowest BCUT2D eigenvalue weighted by Crippen LogP contribution is -2.17. The van der Waals surface area contributed by atoms with Crippen LogP contribution in [0.4, 0.5) is 14.5 Å². The Morgan fingerprint density at radius 2 is 1.57 bits per heavy atom. The Balaban J connectivity index is 1.46. The van der Waals surface area contributed by atoms with Gasteiger partial charge in [0.1, 0.15) is 4.33 Å². The SMILES string of the molecule is O=C(CCc1ccc(F)c(F)c1)c1cc(NC(=O)C2C(c3cc(Cl)cc(Cl)c3)C2(Cl)Cl)ccc1Cl. The molecule has 0 radical (unpaired) electrons. The summed E-state index contributed by atoms with van der Waals surface area (Å²) in [5.41, 5.74) is 1.62. The molecule has 0 aromatic heterocycles. The van der Waals surface area contributed by atoms with E-state index in [0.29, 0.717) is 26.9 Å². The van der Waals surface area contributed by atoms with E-state index in [1.807, 2.05) is 0 Å². The lowest BCUT2D eigenvalue weighted by Gasteiger charge is -2.09. The van der Waals surface area contributed by atoms with Crippen LogP contribution in [0, 0.1) is 17.6 Å². The minimum atomic E-state index is -1.35. The van der Waals surface area contributed by atoms with E-state index in [4.69, 9.17) is 58.0 Å². The largest absolute Gasteiger partial charge is 0.326 e. The monoisotopic (exact) mass is 575 g/mol. The molecule has 1 aliphatic rings. The summed E-state index contributed by atoms with van der Waals surface area (Å²) in [4.78, 5) is 25.7. The maximum Gasteiger partial charge on any atom is 0.231 e. The highest BCUT2D eigenvalue weighted by Crippen LogP contribution is 2.65. The third-order valence-electron chi connectivity index (χ3n) is 5.74. The van der Waals surface area contributed by atoms with Gasteiger partial charge >= 0.3 is 0 Å². The van der Waals surface area contributed by atoms with E-state index >= 15 is 0 Å². The van der Waals surface area contributed by atoms with Crippen molar-refractivity contribution < 1.29 is 18.4 Å². The number of aryl methyl sites for hydroxylation is 1. The fraction of sp³-hybridized carbons (Fsp3) is 0.200. The lowest BCUT2D eigenvalue weighted by atomic mass is 10.0. The summed E-state index contributed by atoms with van der Waals surface area (Å²) >= 11 is 31.1. The molecule has 2 atom stereocenters. The zero-order chi connectivity index (χ0) is 25.5. The molecule has 1 fully saturated rings. The van der Waals surface area contributed by atoms with Crippen molar-refractivity contribution in [2.45, 2.75) is 23.1 Å². The van der Waals surface area contributed by atoms with Crippen LogP contribution in [0.1, 0.15) is 33.8 Å². The van der Waals surface area contributed by atoms with Crippen molar-refractivity contribution in [2.75, 3.05) is 5.32 Å². The molecule has 0 heterocycles. The predicted octanol–water partition coefficient (Wildman–Crippen LogP) is 8.27. The normalized spacial score (nSPS) is 18.3. The molecule has 0 bridgehead atoms. The Labute approximate surface area is 225 Å². The molecule has 0 aliphatic heterocycles. The van der Waals surface area contributed by atoms with Crippen LogP contribution in [0.25, 0.3) is 0 Å². The Morgan fingerprint density at radius 1 is 0.886 bits per heavy atom. The molecule has 1 amide bonds. The number of alkyl halides is 2. The van der Waals surface area contributed by atoms with Gasteiger partial charge in [-0.25, -0.2) is 8.78 Å². The van der Waals surface area contributed by atoms with Crippen LogP contribution in [0.15, 0.2) is 54.6 Å². The van der Waals surface area contributed by atoms with Gasteiger partial charge in [0.15, 0.2) is 17.4 Å². The predicted molar refractivity (Wildman–Crippen MR) is 136 cm³/mol. The van der Waals surface area contributed by atoms with Crippen LogP contribution < -0.4 is 5.32 Å². The van der Waals surface area contributed by atoms with Gasteiger partial charge in [-0.05, 0) is 66.1 Å². The van der Waals surface area contributed by atoms with Crippen molar-refractivity contribution in [3.63, 3.8) is 0 Å². The van der Waals surface area contributed by atoms with Crippen molar-refractivity contribution in [1.29, 1.82) is 0 Å². The average molecular weight is 578 g/mol. The number of hydrogen-bond donors (Lipinski definition) is 1. The number of hydrogen-bond acceptors (Lipinski definition) is 2. The van der Waals surface area contributed by atoms with E-state index in [1.165, 1.54) is 18.2 Å². The van der Waals surface area contributed by atoms with Crippen LogP contribution in [-0.2, 0) is 11.2 Å². The molecule has 10 heteroatoms. The number of benzene rings is 3. The van der Waals surface area contributed by atoms with Crippen molar-refractivity contribution in [3.8, 4) is 0 Å². The maximum atomic E-state index is 13.4. The zero-order valence-corrected chi connectivity index (χ0v) is 21.5. The Morgan fingerprint density at radius 3 is 2.23 bits per heavy atom. The molecule has 3 nitrogen and oxygen atoms in total. The second-order valence-corrected chi connectivity index (χ2v) is 10.9. The Bertz CT molecular complexity index is 1310. The minimum absolute atomic E-state index is 0.00882. The van der Waals surface area contributed by atoms with Gasteiger partial charge in [-0.2, -0.15) is 0 Å². The van der Waals surface area contributed by atoms with Gasteiger partial charge in [-0.3, -0.25) is 9.59 Å². The first-order valence-corrected chi connectivity index (χ1v) is 12.3. The fourth-order valence-electron chi connectivity index (χ4n) is 3.95. The molecule has 3 aromatic carbocycles. The van der Waals surface area contributed by atoms with Gasteiger partial charge in [0, 0.05) is 33.6 Å². The van der Waals surface area contributed by atoms with Crippen LogP contribution >= 0.6 is 58.0 Å². The highest BCUT2D eigenvalue weighted by Gasteiger charge is 2.67. The molecule has 4 rings (SSSR count). The Hall–Kier alpha value is -1.89. The zero-order valence-electron chi connectivity index (χ0n) is 17.7. The van der Waals surface area contributed by atoms with Crippen LogP contribution in [-0.4, -0.2) is 16.0 Å². The first-order valence-electron chi connectivity index (χ1n) is 10.4. The standard InChI is InChI=1S/C25H16Cl5F2NO2/c26-14-8-13(9-15(27)10-14)22-23(25(22,29)30)24(35)33-16-3-4-18(28)17(11-16)21(34)6-2-12-1-5-19(31)20(32)7-12/h1,3-5,7-11,22-23H,2,6H2,(H,33,35). The van der Waals surface area contributed by atoms with E-state index in [2.05, 4.69) is 5.32 Å². The maximum absolute atomic E-state index is 13.4. The number of rotatable bonds is 7. The molecule has 1 N–H and O–H groups in total. The van der Waals surface area contributed by atoms with E-state index in [-0.39, 0.29) is 29.2 Å². The molecule has 2 unspecified atom stereocenters. The number of nitrogens with one attached hydrogen (secondary N) is 1. The molecular formula is C25H16Cl5F2NO2. The van der Waals surface area contributed by atoms with Gasteiger partial charge in [0.05, 0.1) is 10.9 Å². The second-order valence-electron chi connectivity index (χ2n) is 8.19. The summed E-state index contributed by atoms with van der Waals surface area (Å²) in [6.45, 7) is 0. The number of carbonyl (C=O) groups is 2. The third-order valence-corrected chi connectivity index (χ3v) is 7.45. The number of anilines is 1. The highest BCUT2D eigenvalue weighted by molar-refractivity contribution is 6.53. The molecule has 0 saturated heterocycles. The molecule has 1 aliphatic carbocycles. The summed E-state index contributed by atoms with van der Waals surface area (Å²) in [5.74, 6) is -4.00. The number of Topliss-reactive ketones (excluding diaryl/α,β-unsaturated/α-hetero) is 1. The van der Waals surface area contributed by atoms with Gasteiger partial charge in [0.2, 0.25) is 5.91 Å². The smallest absolute Gasteiger partial charge is 0.231 e. The topological polar surface area (TPSA) is 46.2 Å². The van der Waals surface area contributed by atoms with Gasteiger partial charge in [-0.15, -0.1) is 23.2 Å². The summed E-state index contributed by atoms with van der Waals surface area (Å²) in [6.07, 6.45) is 0.199. The van der Waals surface area contributed by atoms with Crippen molar-refractivity contribution >= 4 is 75.4 Å². The number of ketones is 1. The van der Waals surface area contributed by atoms with Gasteiger partial charge in [0.25, 0.3) is 0 Å². The highest BCUT2D eigenvalue weighted by atomic mass is 35.5. The fourth-order valence-corrected chi connectivity index (χ4v) is 5.54. The van der Waals surface area contributed by atoms with E-state index in [1.54, 1.807) is 24.3 Å². The quantitative estimate of drug-likeness (QED) is 0.227. The first-order chi connectivity index (χ1) is 16.5. The van der Waals surface area contributed by atoms with E-state index < -0.39 is 33.7 Å². The van der Waals surface area contributed by atoms with Gasteiger partial charge < -0.3 is 5.32 Å². The van der Waals surface area contributed by atoms with Crippen molar-refractivity contribution in [3.05, 3.63) is 98.0 Å². The second kappa shape index (κ2) is 10.2. The summed E-state index contributed by atoms with van der Waals surface area (Å²) in [7, 11) is 0. The average Bonchev–Trinajstić information content (AvgIpc) is 3.37. The first kappa shape index (κ1) is 26.2. The lowest BCUT2D eigenvalue weighted by molar-refractivity contribution is -0.117. The minimum Gasteiger partial charge on any atom is -0.326 e. The van der Waals surface area contributed by atoms with Gasteiger partial charge in [-0.1, -0.05) is 40.9 Å². The van der Waals surface area contributed by atoms with E-state index in [0.717, 1.165) is 12.1 Å². The van der Waals surface area contributed by atoms with Crippen LogP contribution in [0.3, 0.4) is 0 Å². The molecule has 35 heavy (non-hydrogen) atoms. The number of amides is 1. The number of halogens is 7. The summed E-state index contributed by atoms with van der Waals surface area (Å²) < 4.78 is 25.2. The molecule has 182 valence electrons. The van der Waals surface area contributed by atoms with Crippen molar-refractivity contribution in [1.82, 2.24) is 0 Å². The third kappa shape index (κ3) is 5.76. The summed E-state index contributed by atoms with van der Waals surface area (Å²) in [6, 6.07) is 12.8. The number of carbonyl (C=O) groups excluding carboxylic acids is 2. The van der Waals surface area contributed by atoms with Crippen LogP contribution in [0.5, 0.6) is 0 Å². The molecular weight excluding hydrogens is 562 g/mol. The molecule has 0 spiro atoms. The Kier molecular flexibility index (Phi) is 7.65. The van der Waals surface area contributed by atoms with E-state index in [9.17, 15) is 18.4 Å². The molecule has 1 saturated carbocycles.